The summed E-state index contributed by atoms with van der Waals surface area (Å²) < 4.78 is 54.2. The summed E-state index contributed by atoms with van der Waals surface area (Å²) in [6, 6.07) is 7.99. The third-order valence-corrected chi connectivity index (χ3v) is 4.17. The van der Waals surface area contributed by atoms with Crippen LogP contribution in [-0.4, -0.2) is 49.2 Å². The van der Waals surface area contributed by atoms with Crippen LogP contribution in [0.4, 0.5) is 13.2 Å². The molecule has 6 nitrogen and oxygen atoms in total. The summed E-state index contributed by atoms with van der Waals surface area (Å²) in [6.07, 6.45) is -7.99. The van der Waals surface area contributed by atoms with E-state index in [4.69, 9.17) is 14.2 Å². The molecule has 1 aliphatic heterocycles. The van der Waals surface area contributed by atoms with Crippen LogP contribution < -0.4 is 5.32 Å². The molecule has 1 unspecified atom stereocenters. The number of methoxy groups -OCH3 is 1. The van der Waals surface area contributed by atoms with Gasteiger partial charge in [-0.1, -0.05) is 18.2 Å². The van der Waals surface area contributed by atoms with Crippen molar-refractivity contribution in [2.24, 2.45) is 0 Å². The Morgan fingerprint density at radius 3 is 2.42 bits per heavy atom. The Morgan fingerprint density at radius 1 is 1.27 bits per heavy atom. The largest absolute Gasteiger partial charge is 0.471 e. The third-order valence-electron chi connectivity index (χ3n) is 4.17. The lowest BCUT2D eigenvalue weighted by molar-refractivity contribution is -0.234. The van der Waals surface area contributed by atoms with Gasteiger partial charge >= 0.3 is 18.1 Å². The van der Waals surface area contributed by atoms with Gasteiger partial charge in [-0.2, -0.15) is 13.2 Å². The molecule has 1 N–H and O–H groups in total. The molecule has 1 amide bonds. The molecule has 0 aromatic heterocycles. The molecule has 0 aliphatic carbocycles. The van der Waals surface area contributed by atoms with Gasteiger partial charge in [0.05, 0.1) is 17.2 Å². The molecule has 2 rings (SSSR count). The second kappa shape index (κ2) is 7.63. The van der Waals surface area contributed by atoms with Crippen LogP contribution in [-0.2, 0) is 19.0 Å². The van der Waals surface area contributed by atoms with E-state index in [9.17, 15) is 22.8 Å². The second-order valence-corrected chi connectivity index (χ2v) is 6.27. The van der Waals surface area contributed by atoms with Crippen molar-refractivity contribution in [2.45, 2.75) is 50.5 Å². The normalized spacial score (nSPS) is 29.1. The Morgan fingerprint density at radius 2 is 1.88 bits per heavy atom. The van der Waals surface area contributed by atoms with Crippen LogP contribution in [0.5, 0.6) is 0 Å². The van der Waals surface area contributed by atoms with E-state index in [1.807, 2.05) is 5.32 Å². The zero-order chi connectivity index (χ0) is 19.5. The Bertz CT molecular complexity index is 652. The first-order chi connectivity index (χ1) is 12.1. The lowest BCUT2D eigenvalue weighted by Crippen LogP contribution is -2.66. The minimum absolute atomic E-state index is 0.123. The van der Waals surface area contributed by atoms with Gasteiger partial charge in [0.1, 0.15) is 0 Å². The maximum absolute atomic E-state index is 12.7. The van der Waals surface area contributed by atoms with Gasteiger partial charge in [-0.3, -0.25) is 4.79 Å². The fourth-order valence-corrected chi connectivity index (χ4v) is 2.91. The van der Waals surface area contributed by atoms with Crippen molar-refractivity contribution in [1.29, 1.82) is 0 Å². The number of amides is 1. The summed E-state index contributed by atoms with van der Waals surface area (Å²) in [5.41, 5.74) is -1.30. The van der Waals surface area contributed by atoms with Gasteiger partial charge in [-0.15, -0.1) is 0 Å². The predicted molar refractivity (Wildman–Crippen MR) is 84.2 cm³/mol. The quantitative estimate of drug-likeness (QED) is 0.819. The third kappa shape index (κ3) is 4.53. The molecule has 1 heterocycles. The van der Waals surface area contributed by atoms with Crippen LogP contribution in [0.2, 0.25) is 0 Å². The minimum atomic E-state index is -5.07. The van der Waals surface area contributed by atoms with Crippen LogP contribution in [0, 0.1) is 0 Å². The summed E-state index contributed by atoms with van der Waals surface area (Å²) in [5, 5.41) is 1.94. The fraction of sp³-hybridized carbons (Fsp3) is 0.529. The number of esters is 1. The van der Waals surface area contributed by atoms with Crippen LogP contribution in [0.1, 0.15) is 30.6 Å². The van der Waals surface area contributed by atoms with Crippen LogP contribution >= 0.6 is 0 Å². The van der Waals surface area contributed by atoms with Crippen molar-refractivity contribution in [3.8, 4) is 0 Å². The number of hydrogen-bond donors (Lipinski definition) is 1. The molecular weight excluding hydrogens is 355 g/mol. The number of carbonyl (C=O) groups is 2. The molecule has 0 bridgehead atoms. The number of alkyl halides is 3. The number of hydrogen-bond acceptors (Lipinski definition) is 5. The van der Waals surface area contributed by atoms with Gasteiger partial charge in [0.25, 0.3) is 0 Å². The molecule has 4 atom stereocenters. The van der Waals surface area contributed by atoms with Crippen molar-refractivity contribution in [2.75, 3.05) is 7.11 Å². The molecule has 1 aromatic carbocycles. The molecular formula is C17H20F3NO5. The average molecular weight is 375 g/mol. The molecule has 0 radical (unpaired) electrons. The standard InChI is InChI=1S/C17H20F3NO5/c1-10-13(26-14(22)11-7-5-4-6-8-11)16(2,9-12(24-3)25-10)21-15(23)17(18,19)20/h4-8,10,12-13H,9H2,1-3H3,(H,21,23)/t10?,12-,13+,16+/m0/s1. The van der Waals surface area contributed by atoms with Gasteiger partial charge in [-0.25, -0.2) is 4.79 Å². The number of ether oxygens (including phenoxy) is 3. The first-order valence-corrected chi connectivity index (χ1v) is 7.90. The zero-order valence-electron chi connectivity index (χ0n) is 14.5. The highest BCUT2D eigenvalue weighted by molar-refractivity contribution is 5.89. The molecule has 1 aliphatic rings. The highest BCUT2D eigenvalue weighted by atomic mass is 19.4. The topological polar surface area (TPSA) is 73.9 Å². The lowest BCUT2D eigenvalue weighted by Gasteiger charge is -2.46. The maximum atomic E-state index is 12.7. The molecule has 9 heteroatoms. The maximum Gasteiger partial charge on any atom is 0.471 e. The minimum Gasteiger partial charge on any atom is -0.454 e. The highest BCUT2D eigenvalue weighted by Crippen LogP contribution is 2.33. The highest BCUT2D eigenvalue weighted by Gasteiger charge is 2.52. The number of carbonyl (C=O) groups excluding carboxylic acids is 2. The summed E-state index contributed by atoms with van der Waals surface area (Å²) in [4.78, 5) is 23.8. The van der Waals surface area contributed by atoms with Crippen molar-refractivity contribution >= 4 is 11.9 Å². The SMILES string of the molecule is CO[C@@H]1C[C@@](C)(NC(=O)C(F)(F)F)[C@H](OC(=O)c2ccccc2)C(C)O1. The Hall–Kier alpha value is -2.13. The smallest absolute Gasteiger partial charge is 0.454 e. The van der Waals surface area contributed by atoms with Crippen molar-refractivity contribution < 1.29 is 37.0 Å². The predicted octanol–water partition coefficient (Wildman–Crippen LogP) is 2.43. The molecule has 0 saturated carbocycles. The summed E-state index contributed by atoms with van der Waals surface area (Å²) in [5.74, 6) is -2.85. The van der Waals surface area contributed by atoms with E-state index in [0.717, 1.165) is 0 Å². The van der Waals surface area contributed by atoms with Crippen LogP contribution in [0.25, 0.3) is 0 Å². The van der Waals surface area contributed by atoms with Crippen molar-refractivity contribution in [3.05, 3.63) is 35.9 Å². The van der Waals surface area contributed by atoms with Crippen LogP contribution in [0.15, 0.2) is 30.3 Å². The Kier molecular flexibility index (Phi) is 5.92. The number of benzene rings is 1. The van der Waals surface area contributed by atoms with Crippen LogP contribution in [0.3, 0.4) is 0 Å². The second-order valence-electron chi connectivity index (χ2n) is 6.27. The Balaban J connectivity index is 2.26. The Labute approximate surface area is 148 Å². The number of nitrogens with one attached hydrogen (secondary N) is 1. The molecule has 26 heavy (non-hydrogen) atoms. The van der Waals surface area contributed by atoms with Gasteiger partial charge < -0.3 is 19.5 Å². The van der Waals surface area contributed by atoms with E-state index in [1.54, 1.807) is 18.2 Å². The van der Waals surface area contributed by atoms with E-state index in [0.29, 0.717) is 0 Å². The number of halogens is 3. The van der Waals surface area contributed by atoms with E-state index in [1.165, 1.54) is 33.1 Å². The van der Waals surface area contributed by atoms with E-state index in [-0.39, 0.29) is 12.0 Å². The molecule has 1 fully saturated rings. The van der Waals surface area contributed by atoms with E-state index >= 15 is 0 Å². The van der Waals surface area contributed by atoms with Crippen molar-refractivity contribution in [3.63, 3.8) is 0 Å². The van der Waals surface area contributed by atoms with E-state index in [2.05, 4.69) is 0 Å². The first-order valence-electron chi connectivity index (χ1n) is 7.90. The summed E-state index contributed by atoms with van der Waals surface area (Å²) >= 11 is 0. The fourth-order valence-electron chi connectivity index (χ4n) is 2.91. The zero-order valence-corrected chi connectivity index (χ0v) is 14.5. The van der Waals surface area contributed by atoms with E-state index < -0.39 is 42.1 Å². The lowest BCUT2D eigenvalue weighted by atomic mass is 9.84. The van der Waals surface area contributed by atoms with Gasteiger partial charge in [0, 0.05) is 13.5 Å². The monoisotopic (exact) mass is 375 g/mol. The van der Waals surface area contributed by atoms with Gasteiger partial charge in [0.15, 0.2) is 12.4 Å². The molecule has 1 saturated heterocycles. The molecule has 144 valence electrons. The molecule has 0 spiro atoms. The number of rotatable bonds is 4. The summed E-state index contributed by atoms with van der Waals surface area (Å²) in [7, 11) is 1.33. The molecule has 1 aromatic rings. The summed E-state index contributed by atoms with van der Waals surface area (Å²) in [6.45, 7) is 2.90. The first kappa shape index (κ1) is 20.2. The average Bonchev–Trinajstić information content (AvgIpc) is 2.57. The van der Waals surface area contributed by atoms with Gasteiger partial charge in [0.2, 0.25) is 0 Å². The van der Waals surface area contributed by atoms with Gasteiger partial charge in [-0.05, 0) is 26.0 Å². The van der Waals surface area contributed by atoms with Crippen molar-refractivity contribution in [1.82, 2.24) is 5.32 Å².